The topological polar surface area (TPSA) is 67.0 Å². The summed E-state index contributed by atoms with van der Waals surface area (Å²) < 4.78 is 5.39. The van der Waals surface area contributed by atoms with Crippen molar-refractivity contribution >= 4 is 23.0 Å². The highest BCUT2D eigenvalue weighted by Crippen LogP contribution is 2.13. The van der Waals surface area contributed by atoms with Crippen molar-refractivity contribution in [3.63, 3.8) is 0 Å². The van der Waals surface area contributed by atoms with Crippen LogP contribution in [0.2, 0.25) is 0 Å². The van der Waals surface area contributed by atoms with Gasteiger partial charge in [0.1, 0.15) is 11.6 Å². The summed E-state index contributed by atoms with van der Waals surface area (Å²) in [7, 11) is 0. The molecule has 3 aromatic rings. The number of fused-ring (bicyclic) bond motifs is 1. The number of amides is 1. The van der Waals surface area contributed by atoms with Crippen molar-refractivity contribution in [1.29, 1.82) is 0 Å². The van der Waals surface area contributed by atoms with Gasteiger partial charge in [0, 0.05) is 19.0 Å². The number of rotatable bonds is 7. The van der Waals surface area contributed by atoms with E-state index in [2.05, 4.69) is 15.3 Å². The molecule has 0 unspecified atom stereocenters. The fourth-order valence-corrected chi connectivity index (χ4v) is 2.50. The van der Waals surface area contributed by atoms with E-state index in [1.54, 1.807) is 6.08 Å². The van der Waals surface area contributed by atoms with Crippen LogP contribution in [0.3, 0.4) is 0 Å². The van der Waals surface area contributed by atoms with Crippen LogP contribution in [-0.4, -0.2) is 29.0 Å². The van der Waals surface area contributed by atoms with Crippen molar-refractivity contribution in [3.05, 3.63) is 66.0 Å². The molecule has 128 valence electrons. The average molecular weight is 335 g/mol. The van der Waals surface area contributed by atoms with Gasteiger partial charge >= 0.3 is 0 Å². The molecule has 0 aliphatic rings. The maximum absolute atomic E-state index is 11.9. The number of aromatic amines is 1. The van der Waals surface area contributed by atoms with Gasteiger partial charge in [-0.3, -0.25) is 4.79 Å². The van der Waals surface area contributed by atoms with Crippen molar-refractivity contribution in [2.24, 2.45) is 0 Å². The van der Waals surface area contributed by atoms with Gasteiger partial charge in [-0.2, -0.15) is 0 Å². The van der Waals surface area contributed by atoms with E-state index in [-0.39, 0.29) is 5.91 Å². The smallest absolute Gasteiger partial charge is 0.244 e. The molecule has 0 radical (unpaired) electrons. The highest BCUT2D eigenvalue weighted by molar-refractivity contribution is 5.91. The Labute approximate surface area is 146 Å². The van der Waals surface area contributed by atoms with Crippen LogP contribution in [-0.2, 0) is 11.2 Å². The number of imidazole rings is 1. The number of carbonyl (C=O) groups excluding carboxylic acids is 1. The van der Waals surface area contributed by atoms with E-state index in [4.69, 9.17) is 4.74 Å². The lowest BCUT2D eigenvalue weighted by atomic mass is 10.2. The van der Waals surface area contributed by atoms with Crippen molar-refractivity contribution < 1.29 is 9.53 Å². The van der Waals surface area contributed by atoms with Gasteiger partial charge in [0.15, 0.2) is 0 Å². The van der Waals surface area contributed by atoms with Crippen LogP contribution < -0.4 is 10.1 Å². The van der Waals surface area contributed by atoms with Gasteiger partial charge in [-0.25, -0.2) is 4.98 Å². The molecule has 0 atom stereocenters. The van der Waals surface area contributed by atoms with Crippen molar-refractivity contribution in [2.45, 2.75) is 13.3 Å². The van der Waals surface area contributed by atoms with E-state index < -0.39 is 0 Å². The largest absolute Gasteiger partial charge is 0.494 e. The Bertz CT molecular complexity index is 833. The van der Waals surface area contributed by atoms with E-state index in [0.717, 1.165) is 28.2 Å². The summed E-state index contributed by atoms with van der Waals surface area (Å²) in [5.74, 6) is 1.58. The Balaban J connectivity index is 1.47. The zero-order valence-corrected chi connectivity index (χ0v) is 14.2. The fourth-order valence-electron chi connectivity index (χ4n) is 2.50. The maximum Gasteiger partial charge on any atom is 0.244 e. The van der Waals surface area contributed by atoms with E-state index in [1.165, 1.54) is 6.08 Å². The molecule has 3 rings (SSSR count). The SMILES string of the molecule is CCOc1ccc(/C=C/C(=O)NCCc2nc3ccccc3[nH]2)cc1. The first kappa shape index (κ1) is 16.8. The molecule has 0 bridgehead atoms. The number of carbonyl (C=O) groups is 1. The fraction of sp³-hybridized carbons (Fsp3) is 0.200. The molecule has 25 heavy (non-hydrogen) atoms. The summed E-state index contributed by atoms with van der Waals surface area (Å²) in [5.41, 5.74) is 2.91. The number of nitrogens with zero attached hydrogens (tertiary/aromatic N) is 1. The minimum Gasteiger partial charge on any atom is -0.494 e. The van der Waals surface area contributed by atoms with E-state index in [1.807, 2.05) is 55.5 Å². The van der Waals surface area contributed by atoms with Crippen LogP contribution in [0, 0.1) is 0 Å². The minimum absolute atomic E-state index is 0.120. The first-order valence-corrected chi connectivity index (χ1v) is 8.37. The highest BCUT2D eigenvalue weighted by Gasteiger charge is 2.02. The molecular weight excluding hydrogens is 314 g/mol. The Morgan fingerprint density at radius 1 is 1.20 bits per heavy atom. The number of benzene rings is 2. The maximum atomic E-state index is 11.9. The van der Waals surface area contributed by atoms with Gasteiger partial charge in [-0.1, -0.05) is 24.3 Å². The molecule has 1 amide bonds. The summed E-state index contributed by atoms with van der Waals surface area (Å²) >= 11 is 0. The lowest BCUT2D eigenvalue weighted by molar-refractivity contribution is -0.116. The normalized spacial score (nSPS) is 11.1. The zero-order chi connectivity index (χ0) is 17.5. The number of nitrogens with one attached hydrogen (secondary N) is 2. The zero-order valence-electron chi connectivity index (χ0n) is 14.2. The molecule has 0 aliphatic heterocycles. The van der Waals surface area contributed by atoms with Gasteiger partial charge in [0.05, 0.1) is 17.6 Å². The third-order valence-corrected chi connectivity index (χ3v) is 3.72. The molecule has 2 aromatic carbocycles. The van der Waals surface area contributed by atoms with Crippen LogP contribution in [0.25, 0.3) is 17.1 Å². The Morgan fingerprint density at radius 2 is 2.00 bits per heavy atom. The number of aromatic nitrogens is 2. The molecular formula is C20H21N3O2. The molecule has 1 aromatic heterocycles. The summed E-state index contributed by atoms with van der Waals surface area (Å²) in [4.78, 5) is 19.6. The van der Waals surface area contributed by atoms with E-state index in [9.17, 15) is 4.79 Å². The van der Waals surface area contributed by atoms with Gasteiger partial charge < -0.3 is 15.0 Å². The summed E-state index contributed by atoms with van der Waals surface area (Å²) in [6.45, 7) is 3.12. The lowest BCUT2D eigenvalue weighted by Crippen LogP contribution is -2.23. The minimum atomic E-state index is -0.120. The van der Waals surface area contributed by atoms with Gasteiger partial charge in [-0.15, -0.1) is 0 Å². The Hall–Kier alpha value is -3.08. The molecule has 2 N–H and O–H groups in total. The Morgan fingerprint density at radius 3 is 2.76 bits per heavy atom. The second-order valence-electron chi connectivity index (χ2n) is 5.58. The molecule has 0 spiro atoms. The summed E-state index contributed by atoms with van der Waals surface area (Å²) in [6, 6.07) is 15.5. The molecule has 0 fully saturated rings. The quantitative estimate of drug-likeness (QED) is 0.651. The van der Waals surface area contributed by atoms with Crippen molar-refractivity contribution in [3.8, 4) is 5.75 Å². The first-order chi connectivity index (χ1) is 12.2. The third-order valence-electron chi connectivity index (χ3n) is 3.72. The number of hydrogen-bond donors (Lipinski definition) is 2. The van der Waals surface area contributed by atoms with Crippen molar-refractivity contribution in [2.75, 3.05) is 13.2 Å². The number of ether oxygens (including phenoxy) is 1. The van der Waals surface area contributed by atoms with Gasteiger partial charge in [-0.05, 0) is 42.8 Å². The predicted octanol–water partition coefficient (Wildman–Crippen LogP) is 3.33. The number of H-pyrrole nitrogens is 1. The Kier molecular flexibility index (Phi) is 5.46. The summed E-state index contributed by atoms with van der Waals surface area (Å²) in [5, 5.41) is 2.87. The number of hydrogen-bond acceptors (Lipinski definition) is 3. The predicted molar refractivity (Wildman–Crippen MR) is 99.5 cm³/mol. The molecule has 1 heterocycles. The third kappa shape index (κ3) is 4.70. The van der Waals surface area contributed by atoms with E-state index in [0.29, 0.717) is 19.6 Å². The van der Waals surface area contributed by atoms with Crippen LogP contribution >= 0.6 is 0 Å². The standard InChI is InChI=1S/C20H21N3O2/c1-2-25-16-10-7-15(8-11-16)9-12-20(24)21-14-13-19-22-17-5-3-4-6-18(17)23-19/h3-12H,2,13-14H2,1H3,(H,21,24)(H,22,23)/b12-9+. The second-order valence-corrected chi connectivity index (χ2v) is 5.58. The molecule has 0 saturated heterocycles. The molecule has 5 heteroatoms. The average Bonchev–Trinajstić information content (AvgIpc) is 3.04. The van der Waals surface area contributed by atoms with Crippen LogP contribution in [0.1, 0.15) is 18.3 Å². The monoisotopic (exact) mass is 335 g/mol. The van der Waals surface area contributed by atoms with Crippen LogP contribution in [0.15, 0.2) is 54.6 Å². The van der Waals surface area contributed by atoms with E-state index >= 15 is 0 Å². The summed E-state index contributed by atoms with van der Waals surface area (Å²) in [6.07, 6.45) is 3.98. The van der Waals surface area contributed by atoms with Gasteiger partial charge in [0.2, 0.25) is 5.91 Å². The molecule has 0 saturated carbocycles. The van der Waals surface area contributed by atoms with Crippen LogP contribution in [0.5, 0.6) is 5.75 Å². The van der Waals surface area contributed by atoms with Crippen molar-refractivity contribution in [1.82, 2.24) is 15.3 Å². The second kappa shape index (κ2) is 8.15. The highest BCUT2D eigenvalue weighted by atomic mass is 16.5. The number of para-hydroxylation sites is 2. The van der Waals surface area contributed by atoms with Crippen LogP contribution in [0.4, 0.5) is 0 Å². The molecule has 0 aliphatic carbocycles. The molecule has 5 nitrogen and oxygen atoms in total. The van der Waals surface area contributed by atoms with Gasteiger partial charge in [0.25, 0.3) is 0 Å². The lowest BCUT2D eigenvalue weighted by Gasteiger charge is -2.02. The first-order valence-electron chi connectivity index (χ1n) is 8.37.